The minimum absolute atomic E-state index is 0.0146. The summed E-state index contributed by atoms with van der Waals surface area (Å²) in [5.74, 6) is -1.60. The average Bonchev–Trinajstić information content (AvgIpc) is 3.39. The molecule has 2 aromatic rings. The van der Waals surface area contributed by atoms with Crippen LogP contribution in [-0.2, 0) is 14.3 Å². The maximum atomic E-state index is 12.6. The van der Waals surface area contributed by atoms with Crippen LogP contribution in [0.3, 0.4) is 0 Å². The standard InChI is InChI=1S/C19H19N3O6S/c1-12(17(23)20-13-6-2-3-7-14(13)22(26)27)28-19(25)15-8-4-10-21(15)18(24)16-9-5-11-29-16/h2-3,5-7,9,11-12,15H,4,8,10H2,1H3,(H,20,23)/t12-,15-/m0/s1. The Morgan fingerprint density at radius 3 is 2.72 bits per heavy atom. The molecule has 2 atom stereocenters. The van der Waals surface area contributed by atoms with Crippen LogP contribution < -0.4 is 5.32 Å². The quantitative estimate of drug-likeness (QED) is 0.439. The highest BCUT2D eigenvalue weighted by Crippen LogP contribution is 2.25. The number of esters is 1. The van der Waals surface area contributed by atoms with E-state index in [0.717, 1.165) is 0 Å². The summed E-state index contributed by atoms with van der Waals surface area (Å²) in [5.41, 5.74) is -0.247. The van der Waals surface area contributed by atoms with Gasteiger partial charge in [0.25, 0.3) is 17.5 Å². The number of nitro groups is 1. The van der Waals surface area contributed by atoms with E-state index in [1.54, 1.807) is 23.6 Å². The maximum Gasteiger partial charge on any atom is 0.329 e. The smallest absolute Gasteiger partial charge is 0.329 e. The Hall–Kier alpha value is -3.27. The number of para-hydroxylation sites is 2. The number of likely N-dealkylation sites (tertiary alicyclic amines) is 1. The van der Waals surface area contributed by atoms with Crippen LogP contribution in [-0.4, -0.2) is 46.3 Å². The van der Waals surface area contributed by atoms with Gasteiger partial charge < -0.3 is 15.0 Å². The molecule has 1 N–H and O–H groups in total. The first-order valence-electron chi connectivity index (χ1n) is 8.97. The summed E-state index contributed by atoms with van der Waals surface area (Å²) in [4.78, 5) is 49.9. The van der Waals surface area contributed by atoms with Gasteiger partial charge in [0.05, 0.1) is 9.80 Å². The molecular formula is C19H19N3O6S. The van der Waals surface area contributed by atoms with E-state index < -0.39 is 28.9 Å². The van der Waals surface area contributed by atoms with Crippen molar-refractivity contribution in [1.82, 2.24) is 4.90 Å². The highest BCUT2D eigenvalue weighted by Gasteiger charge is 2.37. The number of carbonyl (C=O) groups is 3. The van der Waals surface area contributed by atoms with Gasteiger partial charge in [0.15, 0.2) is 6.10 Å². The van der Waals surface area contributed by atoms with Crippen molar-refractivity contribution in [2.45, 2.75) is 31.9 Å². The number of thiophene rings is 1. The lowest BCUT2D eigenvalue weighted by atomic mass is 10.2. The molecule has 1 aromatic heterocycles. The number of benzene rings is 1. The first-order valence-corrected chi connectivity index (χ1v) is 9.85. The monoisotopic (exact) mass is 417 g/mol. The molecule has 0 spiro atoms. The molecule has 0 aliphatic carbocycles. The van der Waals surface area contributed by atoms with Gasteiger partial charge >= 0.3 is 5.97 Å². The third-order valence-electron chi connectivity index (χ3n) is 4.54. The molecule has 0 radical (unpaired) electrons. The summed E-state index contributed by atoms with van der Waals surface area (Å²) in [5, 5.41) is 15.2. The minimum Gasteiger partial charge on any atom is -0.451 e. The fourth-order valence-electron chi connectivity index (χ4n) is 3.08. The van der Waals surface area contributed by atoms with Gasteiger partial charge in [-0.2, -0.15) is 0 Å². The molecule has 1 aliphatic rings. The Kier molecular flexibility index (Phi) is 6.23. The van der Waals surface area contributed by atoms with E-state index in [2.05, 4.69) is 5.32 Å². The summed E-state index contributed by atoms with van der Waals surface area (Å²) >= 11 is 1.29. The molecule has 1 aliphatic heterocycles. The number of nitrogens with one attached hydrogen (secondary N) is 1. The number of rotatable bonds is 6. The molecule has 3 rings (SSSR count). The number of nitrogens with zero attached hydrogens (tertiary/aromatic N) is 2. The molecule has 0 saturated carbocycles. The van der Waals surface area contributed by atoms with E-state index in [1.807, 2.05) is 0 Å². The molecule has 9 nitrogen and oxygen atoms in total. The van der Waals surface area contributed by atoms with E-state index in [-0.39, 0.29) is 17.3 Å². The lowest BCUT2D eigenvalue weighted by Gasteiger charge is -2.24. The highest BCUT2D eigenvalue weighted by atomic mass is 32.1. The maximum absolute atomic E-state index is 12.6. The topological polar surface area (TPSA) is 119 Å². The zero-order valence-electron chi connectivity index (χ0n) is 15.6. The van der Waals surface area contributed by atoms with Crippen LogP contribution >= 0.6 is 11.3 Å². The Bertz CT molecular complexity index is 930. The average molecular weight is 417 g/mol. The number of nitro benzene ring substituents is 1. The number of hydrogen-bond acceptors (Lipinski definition) is 7. The van der Waals surface area contributed by atoms with Gasteiger partial charge in [-0.3, -0.25) is 19.7 Å². The van der Waals surface area contributed by atoms with Crippen LogP contribution in [0.5, 0.6) is 0 Å². The van der Waals surface area contributed by atoms with Crippen LogP contribution in [0.1, 0.15) is 29.4 Å². The van der Waals surface area contributed by atoms with E-state index in [0.29, 0.717) is 24.3 Å². The Labute approximate surface area is 170 Å². The van der Waals surface area contributed by atoms with Gasteiger partial charge in [-0.15, -0.1) is 11.3 Å². The van der Waals surface area contributed by atoms with Crippen LogP contribution in [0.15, 0.2) is 41.8 Å². The van der Waals surface area contributed by atoms with E-state index >= 15 is 0 Å². The third kappa shape index (κ3) is 4.60. The van der Waals surface area contributed by atoms with Crippen molar-refractivity contribution in [3.05, 3.63) is 56.8 Å². The number of ether oxygens (including phenoxy) is 1. The number of carbonyl (C=O) groups excluding carboxylic acids is 3. The number of anilines is 1. The molecule has 0 unspecified atom stereocenters. The van der Waals surface area contributed by atoms with Crippen LogP contribution in [0.25, 0.3) is 0 Å². The molecule has 2 amide bonds. The molecule has 1 aromatic carbocycles. The van der Waals surface area contributed by atoms with Gasteiger partial charge in [-0.05, 0) is 37.3 Å². The van der Waals surface area contributed by atoms with Crippen molar-refractivity contribution >= 4 is 40.5 Å². The predicted molar refractivity (Wildman–Crippen MR) is 106 cm³/mol. The number of hydrogen-bond donors (Lipinski definition) is 1. The van der Waals surface area contributed by atoms with Crippen molar-refractivity contribution in [3.63, 3.8) is 0 Å². The van der Waals surface area contributed by atoms with Gasteiger partial charge in [-0.25, -0.2) is 4.79 Å². The van der Waals surface area contributed by atoms with Crippen molar-refractivity contribution in [3.8, 4) is 0 Å². The van der Waals surface area contributed by atoms with Gasteiger partial charge in [0.2, 0.25) is 0 Å². The van der Waals surface area contributed by atoms with Crippen LogP contribution in [0.2, 0.25) is 0 Å². The predicted octanol–water partition coefficient (Wildman–Crippen LogP) is 2.83. The zero-order valence-corrected chi connectivity index (χ0v) is 16.4. The largest absolute Gasteiger partial charge is 0.451 e. The zero-order chi connectivity index (χ0) is 21.0. The van der Waals surface area contributed by atoms with E-state index in [4.69, 9.17) is 4.74 Å². The lowest BCUT2D eigenvalue weighted by molar-refractivity contribution is -0.383. The summed E-state index contributed by atoms with van der Waals surface area (Å²) in [6.07, 6.45) is -0.0659. The van der Waals surface area contributed by atoms with Crippen LogP contribution in [0, 0.1) is 10.1 Å². The third-order valence-corrected chi connectivity index (χ3v) is 5.40. The fourth-order valence-corrected chi connectivity index (χ4v) is 3.75. The minimum atomic E-state index is -1.18. The second-order valence-electron chi connectivity index (χ2n) is 6.48. The summed E-state index contributed by atoms with van der Waals surface area (Å²) in [6.45, 7) is 1.82. The highest BCUT2D eigenvalue weighted by molar-refractivity contribution is 7.12. The SMILES string of the molecule is C[C@H](OC(=O)[C@@H]1CCCN1C(=O)c1cccs1)C(=O)Nc1ccccc1[N+](=O)[O-]. The molecule has 152 valence electrons. The molecule has 29 heavy (non-hydrogen) atoms. The second-order valence-corrected chi connectivity index (χ2v) is 7.42. The fraction of sp³-hybridized carbons (Fsp3) is 0.316. The normalized spacial score (nSPS) is 16.9. The lowest BCUT2D eigenvalue weighted by Crippen LogP contribution is -2.43. The first-order chi connectivity index (χ1) is 13.9. The van der Waals surface area contributed by atoms with Crippen molar-refractivity contribution in [1.29, 1.82) is 0 Å². The Balaban J connectivity index is 1.63. The summed E-state index contributed by atoms with van der Waals surface area (Å²) in [6, 6.07) is 8.38. The van der Waals surface area contributed by atoms with Crippen LogP contribution in [0.4, 0.5) is 11.4 Å². The molecule has 1 fully saturated rings. The van der Waals surface area contributed by atoms with Gasteiger partial charge in [0.1, 0.15) is 11.7 Å². The van der Waals surface area contributed by atoms with E-state index in [1.165, 1.54) is 41.4 Å². The molecule has 10 heteroatoms. The molecule has 0 bridgehead atoms. The van der Waals surface area contributed by atoms with Crippen molar-refractivity contribution in [2.75, 3.05) is 11.9 Å². The Morgan fingerprint density at radius 1 is 1.28 bits per heavy atom. The summed E-state index contributed by atoms with van der Waals surface area (Å²) < 4.78 is 5.26. The van der Waals surface area contributed by atoms with Gasteiger partial charge in [-0.1, -0.05) is 18.2 Å². The molecular weight excluding hydrogens is 398 g/mol. The van der Waals surface area contributed by atoms with E-state index in [9.17, 15) is 24.5 Å². The summed E-state index contributed by atoms with van der Waals surface area (Å²) in [7, 11) is 0. The molecule has 2 heterocycles. The first kappa shape index (κ1) is 20.5. The van der Waals surface area contributed by atoms with Crippen molar-refractivity contribution in [2.24, 2.45) is 0 Å². The Morgan fingerprint density at radius 2 is 2.03 bits per heavy atom. The second kappa shape index (κ2) is 8.82. The molecule has 1 saturated heterocycles. The number of amides is 2. The van der Waals surface area contributed by atoms with Gasteiger partial charge in [0, 0.05) is 12.6 Å². The van der Waals surface area contributed by atoms with Crippen molar-refractivity contribution < 1.29 is 24.0 Å².